The van der Waals surface area contributed by atoms with E-state index in [0.29, 0.717) is 23.7 Å². The van der Waals surface area contributed by atoms with Gasteiger partial charge < -0.3 is 14.8 Å². The van der Waals surface area contributed by atoms with Crippen molar-refractivity contribution < 1.29 is 19.1 Å². The van der Waals surface area contributed by atoms with Crippen LogP contribution in [0.25, 0.3) is 0 Å². The lowest BCUT2D eigenvalue weighted by Gasteiger charge is -2.16. The van der Waals surface area contributed by atoms with E-state index in [4.69, 9.17) is 9.47 Å². The summed E-state index contributed by atoms with van der Waals surface area (Å²) in [6.45, 7) is 0.864. The van der Waals surface area contributed by atoms with Crippen LogP contribution in [0.5, 0.6) is 11.5 Å². The second-order valence-corrected chi connectivity index (χ2v) is 6.78. The summed E-state index contributed by atoms with van der Waals surface area (Å²) in [4.78, 5) is 25.8. The molecule has 2 N–H and O–H groups in total. The molecule has 8 heteroatoms. The van der Waals surface area contributed by atoms with Crippen molar-refractivity contribution in [1.29, 1.82) is 0 Å². The van der Waals surface area contributed by atoms with E-state index in [2.05, 4.69) is 26.6 Å². The van der Waals surface area contributed by atoms with E-state index in [1.165, 1.54) is 0 Å². The second kappa shape index (κ2) is 8.20. The van der Waals surface area contributed by atoms with Crippen molar-refractivity contribution in [2.24, 2.45) is 0 Å². The van der Waals surface area contributed by atoms with Crippen LogP contribution in [0.4, 0.5) is 10.5 Å². The van der Waals surface area contributed by atoms with Gasteiger partial charge in [0.15, 0.2) is 11.5 Å². The van der Waals surface area contributed by atoms with Crippen LogP contribution < -0.4 is 20.1 Å². The van der Waals surface area contributed by atoms with Crippen molar-refractivity contribution in [1.82, 2.24) is 10.2 Å². The molecule has 0 bridgehead atoms. The van der Waals surface area contributed by atoms with Crippen LogP contribution in [-0.2, 0) is 11.3 Å². The van der Waals surface area contributed by atoms with Gasteiger partial charge >= 0.3 is 6.03 Å². The molecular formula is C18H18BrN3O4. The third-order valence-electron chi connectivity index (χ3n) is 3.66. The highest BCUT2D eigenvalue weighted by Gasteiger charge is 2.15. The smallest absolute Gasteiger partial charge is 0.325 e. The predicted molar refractivity (Wildman–Crippen MR) is 100 cm³/mol. The van der Waals surface area contributed by atoms with Crippen LogP contribution in [0.15, 0.2) is 46.9 Å². The van der Waals surface area contributed by atoms with E-state index >= 15 is 0 Å². The van der Waals surface area contributed by atoms with Crippen LogP contribution in [0.3, 0.4) is 0 Å². The summed E-state index contributed by atoms with van der Waals surface area (Å²) in [6, 6.07) is 12.3. The van der Waals surface area contributed by atoms with Crippen molar-refractivity contribution in [2.75, 3.05) is 25.7 Å². The zero-order chi connectivity index (χ0) is 18.5. The van der Waals surface area contributed by atoms with Crippen LogP contribution >= 0.6 is 15.9 Å². The number of fused-ring (bicyclic) bond motifs is 1. The Balaban J connectivity index is 1.46. The van der Waals surface area contributed by atoms with Crippen molar-refractivity contribution >= 4 is 33.6 Å². The SMILES string of the molecule is CN(CC(=O)NC(=O)Nc1ccc2c(c1)OCO2)Cc1ccc(Br)cc1. The average molecular weight is 420 g/mol. The largest absolute Gasteiger partial charge is 0.454 e. The Bertz CT molecular complexity index is 811. The molecule has 0 saturated heterocycles. The van der Waals surface area contributed by atoms with Crippen LogP contribution in [-0.4, -0.2) is 37.2 Å². The number of rotatable bonds is 5. The maximum Gasteiger partial charge on any atom is 0.325 e. The van der Waals surface area contributed by atoms with Crippen molar-refractivity contribution in [2.45, 2.75) is 6.54 Å². The summed E-state index contributed by atoms with van der Waals surface area (Å²) in [5.41, 5.74) is 1.59. The van der Waals surface area contributed by atoms with Crippen molar-refractivity contribution in [3.05, 3.63) is 52.5 Å². The number of benzene rings is 2. The highest BCUT2D eigenvalue weighted by Crippen LogP contribution is 2.34. The third-order valence-corrected chi connectivity index (χ3v) is 4.19. The minimum absolute atomic E-state index is 0.102. The molecule has 1 heterocycles. The maximum atomic E-state index is 12.0. The molecule has 1 aliphatic heterocycles. The van der Waals surface area contributed by atoms with Gasteiger partial charge in [-0.05, 0) is 36.9 Å². The first kappa shape index (κ1) is 18.2. The normalized spacial score (nSPS) is 12.1. The maximum absolute atomic E-state index is 12.0. The van der Waals surface area contributed by atoms with Crippen LogP contribution in [0.1, 0.15) is 5.56 Å². The fourth-order valence-electron chi connectivity index (χ4n) is 2.51. The summed E-state index contributed by atoms with van der Waals surface area (Å²) in [7, 11) is 1.82. The van der Waals surface area contributed by atoms with E-state index < -0.39 is 6.03 Å². The Labute approximate surface area is 159 Å². The van der Waals surface area contributed by atoms with Gasteiger partial charge in [0.05, 0.1) is 6.54 Å². The average Bonchev–Trinajstić information content (AvgIpc) is 3.04. The predicted octanol–water partition coefficient (Wildman–Crippen LogP) is 2.96. The number of urea groups is 1. The Morgan fingerprint density at radius 3 is 2.62 bits per heavy atom. The first-order valence-corrected chi connectivity index (χ1v) is 8.72. The fourth-order valence-corrected chi connectivity index (χ4v) is 2.77. The van der Waals surface area contributed by atoms with Gasteiger partial charge in [0.1, 0.15) is 0 Å². The minimum atomic E-state index is -0.592. The molecule has 0 unspecified atom stereocenters. The number of nitrogens with one attached hydrogen (secondary N) is 2. The first-order valence-electron chi connectivity index (χ1n) is 7.93. The Kier molecular flexibility index (Phi) is 5.75. The van der Waals surface area contributed by atoms with Crippen LogP contribution in [0.2, 0.25) is 0 Å². The molecule has 0 radical (unpaired) electrons. The lowest BCUT2D eigenvalue weighted by Crippen LogP contribution is -2.40. The highest BCUT2D eigenvalue weighted by molar-refractivity contribution is 9.10. The standard InChI is InChI=1S/C18H18BrN3O4/c1-22(9-12-2-4-13(19)5-3-12)10-17(23)21-18(24)20-14-6-7-15-16(8-14)26-11-25-15/h2-8H,9-11H2,1H3,(H2,20,21,23,24). The van der Waals surface area contributed by atoms with E-state index in [1.54, 1.807) is 18.2 Å². The quantitative estimate of drug-likeness (QED) is 0.778. The van der Waals surface area contributed by atoms with Gasteiger partial charge in [-0.2, -0.15) is 0 Å². The second-order valence-electron chi connectivity index (χ2n) is 5.87. The van der Waals surface area contributed by atoms with Gasteiger partial charge in [-0.3, -0.25) is 15.0 Å². The number of imide groups is 1. The van der Waals surface area contributed by atoms with E-state index in [0.717, 1.165) is 10.0 Å². The molecule has 0 spiro atoms. The molecule has 0 aliphatic carbocycles. The molecule has 0 aromatic heterocycles. The minimum Gasteiger partial charge on any atom is -0.454 e. The van der Waals surface area contributed by atoms with E-state index in [-0.39, 0.29) is 19.2 Å². The Morgan fingerprint density at radius 2 is 1.85 bits per heavy atom. The monoisotopic (exact) mass is 419 g/mol. The van der Waals surface area contributed by atoms with Crippen LogP contribution in [0, 0.1) is 0 Å². The number of anilines is 1. The molecule has 0 fully saturated rings. The zero-order valence-corrected chi connectivity index (χ0v) is 15.7. The Hall–Kier alpha value is -2.58. The number of amides is 3. The number of ether oxygens (including phenoxy) is 2. The molecule has 0 saturated carbocycles. The number of carbonyl (C=O) groups is 2. The van der Waals surface area contributed by atoms with Gasteiger partial charge in [-0.25, -0.2) is 4.79 Å². The summed E-state index contributed by atoms with van der Waals surface area (Å²) in [5.74, 6) is 0.799. The third kappa shape index (κ3) is 4.96. The topological polar surface area (TPSA) is 79.9 Å². The van der Waals surface area contributed by atoms with Gasteiger partial charge in [-0.1, -0.05) is 28.1 Å². The molecule has 2 aromatic rings. The molecule has 3 amide bonds. The molecular weight excluding hydrogens is 402 g/mol. The Morgan fingerprint density at radius 1 is 1.12 bits per heavy atom. The molecule has 7 nitrogen and oxygen atoms in total. The molecule has 0 atom stereocenters. The first-order chi connectivity index (χ1) is 12.5. The number of likely N-dealkylation sites (N-methyl/N-ethyl adjacent to an activating group) is 1. The van der Waals surface area contributed by atoms with E-state index in [9.17, 15) is 9.59 Å². The number of hydrogen-bond acceptors (Lipinski definition) is 5. The lowest BCUT2D eigenvalue weighted by atomic mass is 10.2. The van der Waals surface area contributed by atoms with Gasteiger partial charge in [-0.15, -0.1) is 0 Å². The lowest BCUT2D eigenvalue weighted by molar-refractivity contribution is -0.120. The number of carbonyl (C=O) groups excluding carboxylic acids is 2. The fraction of sp³-hybridized carbons (Fsp3) is 0.222. The molecule has 1 aliphatic rings. The van der Waals surface area contributed by atoms with Crippen molar-refractivity contribution in [3.63, 3.8) is 0 Å². The summed E-state index contributed by atoms with van der Waals surface area (Å²) >= 11 is 3.39. The molecule has 2 aromatic carbocycles. The summed E-state index contributed by atoms with van der Waals surface area (Å²) < 4.78 is 11.5. The zero-order valence-electron chi connectivity index (χ0n) is 14.1. The summed E-state index contributed by atoms with van der Waals surface area (Å²) in [6.07, 6.45) is 0. The highest BCUT2D eigenvalue weighted by atomic mass is 79.9. The summed E-state index contributed by atoms with van der Waals surface area (Å²) in [5, 5.41) is 4.91. The number of halogens is 1. The van der Waals surface area contributed by atoms with Gasteiger partial charge in [0.2, 0.25) is 12.7 Å². The molecule has 3 rings (SSSR count). The van der Waals surface area contributed by atoms with E-state index in [1.807, 2.05) is 36.2 Å². The van der Waals surface area contributed by atoms with Gasteiger partial charge in [0.25, 0.3) is 0 Å². The molecule has 26 heavy (non-hydrogen) atoms. The van der Waals surface area contributed by atoms with Gasteiger partial charge in [0, 0.05) is 22.8 Å². The molecule has 136 valence electrons. The van der Waals surface area contributed by atoms with Crippen molar-refractivity contribution in [3.8, 4) is 11.5 Å². The number of nitrogens with zero attached hydrogens (tertiary/aromatic N) is 1. The number of hydrogen-bond donors (Lipinski definition) is 2.